The number of hydrogen-bond acceptors (Lipinski definition) is 3. The van der Waals surface area contributed by atoms with Gasteiger partial charge in [0, 0.05) is 5.33 Å². The van der Waals surface area contributed by atoms with Crippen molar-refractivity contribution in [2.24, 2.45) is 5.18 Å². The highest BCUT2D eigenvalue weighted by Gasteiger charge is 1.93. The zero-order chi connectivity index (χ0) is 7.40. The third-order valence-corrected chi connectivity index (χ3v) is 1.60. The molecule has 0 atom stereocenters. The van der Waals surface area contributed by atoms with Crippen LogP contribution in [0.15, 0.2) is 23.4 Å². The molecule has 0 unspecified atom stereocenters. The van der Waals surface area contributed by atoms with E-state index >= 15 is 0 Å². The molecule has 3 nitrogen and oxygen atoms in total. The van der Waals surface area contributed by atoms with Gasteiger partial charge < -0.3 is 0 Å². The fourth-order valence-corrected chi connectivity index (χ4v) is 0.904. The van der Waals surface area contributed by atoms with Gasteiger partial charge in [-0.05, 0) is 17.3 Å². The summed E-state index contributed by atoms with van der Waals surface area (Å²) in [6.45, 7) is 0. The van der Waals surface area contributed by atoms with Gasteiger partial charge in [0.2, 0.25) is 0 Å². The van der Waals surface area contributed by atoms with Crippen molar-refractivity contribution in [2.75, 3.05) is 0 Å². The SMILES string of the molecule is O=Nc1cccc(CBr)n1. The van der Waals surface area contributed by atoms with E-state index in [9.17, 15) is 4.91 Å². The number of hydrogen-bond donors (Lipinski definition) is 0. The van der Waals surface area contributed by atoms with Gasteiger partial charge in [-0.1, -0.05) is 22.0 Å². The first-order valence-corrected chi connectivity index (χ1v) is 3.84. The van der Waals surface area contributed by atoms with Crippen molar-refractivity contribution < 1.29 is 0 Å². The summed E-state index contributed by atoms with van der Waals surface area (Å²) >= 11 is 3.21. The Morgan fingerprint density at radius 1 is 1.60 bits per heavy atom. The Hall–Kier alpha value is -0.770. The van der Waals surface area contributed by atoms with Crippen LogP contribution in [0.5, 0.6) is 0 Å². The molecule has 0 radical (unpaired) electrons. The molecule has 0 amide bonds. The fraction of sp³-hybridized carbons (Fsp3) is 0.167. The predicted octanol–water partition coefficient (Wildman–Crippen LogP) is 2.37. The van der Waals surface area contributed by atoms with E-state index < -0.39 is 0 Å². The fourth-order valence-electron chi connectivity index (χ4n) is 0.592. The number of aromatic nitrogens is 1. The highest BCUT2D eigenvalue weighted by molar-refractivity contribution is 9.08. The molecule has 0 saturated heterocycles. The molecule has 1 rings (SSSR count). The second kappa shape index (κ2) is 3.41. The Bertz CT molecular complexity index is 239. The maximum absolute atomic E-state index is 9.95. The van der Waals surface area contributed by atoms with E-state index in [1.807, 2.05) is 6.07 Å². The van der Waals surface area contributed by atoms with Gasteiger partial charge >= 0.3 is 0 Å². The predicted molar refractivity (Wildman–Crippen MR) is 42.3 cm³/mol. The zero-order valence-corrected chi connectivity index (χ0v) is 6.71. The molecule has 1 aromatic heterocycles. The lowest BCUT2D eigenvalue weighted by atomic mass is 10.4. The highest BCUT2D eigenvalue weighted by atomic mass is 79.9. The van der Waals surface area contributed by atoms with Gasteiger partial charge in [-0.3, -0.25) is 0 Å². The van der Waals surface area contributed by atoms with E-state index in [0.717, 1.165) is 5.69 Å². The molecule has 0 saturated carbocycles. The second-order valence-electron chi connectivity index (χ2n) is 1.71. The zero-order valence-electron chi connectivity index (χ0n) is 5.12. The third kappa shape index (κ3) is 1.60. The molecule has 4 heteroatoms. The Kier molecular flexibility index (Phi) is 2.50. The van der Waals surface area contributed by atoms with Crippen LogP contribution in [0.4, 0.5) is 5.82 Å². The lowest BCUT2D eigenvalue weighted by Crippen LogP contribution is -1.81. The van der Waals surface area contributed by atoms with Crippen LogP contribution in [-0.4, -0.2) is 4.98 Å². The molecule has 0 aliphatic rings. The average Bonchev–Trinajstić information content (AvgIpc) is 2.05. The molecule has 0 fully saturated rings. The highest BCUT2D eigenvalue weighted by Crippen LogP contribution is 2.09. The van der Waals surface area contributed by atoms with E-state index in [0.29, 0.717) is 5.33 Å². The van der Waals surface area contributed by atoms with Crippen molar-refractivity contribution in [1.29, 1.82) is 0 Å². The molecular weight excluding hydrogens is 196 g/mol. The van der Waals surface area contributed by atoms with Crippen LogP contribution in [0.3, 0.4) is 0 Å². The van der Waals surface area contributed by atoms with E-state index in [1.54, 1.807) is 12.1 Å². The standard InChI is InChI=1S/C6H5BrN2O/c7-4-5-2-1-3-6(8-5)9-10/h1-3H,4H2. The summed E-state index contributed by atoms with van der Waals surface area (Å²) < 4.78 is 0. The van der Waals surface area contributed by atoms with E-state index in [4.69, 9.17) is 0 Å². The van der Waals surface area contributed by atoms with Gasteiger partial charge in [-0.25, -0.2) is 4.98 Å². The first kappa shape index (κ1) is 7.34. The summed E-state index contributed by atoms with van der Waals surface area (Å²) in [7, 11) is 0. The van der Waals surface area contributed by atoms with Gasteiger partial charge in [0.05, 0.1) is 5.69 Å². The third-order valence-electron chi connectivity index (χ3n) is 1.02. The number of rotatable bonds is 2. The lowest BCUT2D eigenvalue weighted by Gasteiger charge is -1.91. The maximum Gasteiger partial charge on any atom is 0.196 e. The quantitative estimate of drug-likeness (QED) is 0.544. The summed E-state index contributed by atoms with van der Waals surface area (Å²) in [5.74, 6) is 0.233. The summed E-state index contributed by atoms with van der Waals surface area (Å²) in [5, 5.41) is 3.35. The minimum Gasteiger partial charge on any atom is -0.230 e. The Morgan fingerprint density at radius 2 is 2.40 bits per heavy atom. The molecule has 0 aliphatic heterocycles. The average molecular weight is 201 g/mol. The van der Waals surface area contributed by atoms with Gasteiger partial charge in [-0.2, -0.15) is 0 Å². The molecule has 0 aliphatic carbocycles. The van der Waals surface area contributed by atoms with Crippen molar-refractivity contribution in [2.45, 2.75) is 5.33 Å². The van der Waals surface area contributed by atoms with E-state index in [-0.39, 0.29) is 5.82 Å². The van der Waals surface area contributed by atoms with Crippen molar-refractivity contribution >= 4 is 21.7 Å². The molecule has 52 valence electrons. The smallest absolute Gasteiger partial charge is 0.196 e. The molecular formula is C6H5BrN2O. The van der Waals surface area contributed by atoms with Crippen LogP contribution in [0, 0.1) is 4.91 Å². The lowest BCUT2D eigenvalue weighted by molar-refractivity contribution is 1.16. The number of nitrogens with zero attached hydrogens (tertiary/aromatic N) is 2. The molecule has 0 spiro atoms. The maximum atomic E-state index is 9.95. The van der Waals surface area contributed by atoms with Crippen LogP contribution in [0.1, 0.15) is 5.69 Å². The van der Waals surface area contributed by atoms with Gasteiger partial charge in [0.25, 0.3) is 0 Å². The van der Waals surface area contributed by atoms with Crippen LogP contribution in [0.2, 0.25) is 0 Å². The van der Waals surface area contributed by atoms with Crippen molar-refractivity contribution in [3.63, 3.8) is 0 Å². The van der Waals surface area contributed by atoms with Gasteiger partial charge in [0.1, 0.15) is 0 Å². The summed E-state index contributed by atoms with van der Waals surface area (Å²) in [5.41, 5.74) is 0.817. The first-order chi connectivity index (χ1) is 4.86. The molecule has 1 heterocycles. The summed E-state index contributed by atoms with van der Waals surface area (Å²) in [6.07, 6.45) is 0. The molecule has 0 N–H and O–H groups in total. The van der Waals surface area contributed by atoms with E-state index in [2.05, 4.69) is 26.1 Å². The number of pyridine rings is 1. The second-order valence-corrected chi connectivity index (χ2v) is 2.27. The van der Waals surface area contributed by atoms with Crippen molar-refractivity contribution in [3.05, 3.63) is 28.8 Å². The van der Waals surface area contributed by atoms with Crippen LogP contribution in [-0.2, 0) is 5.33 Å². The molecule has 10 heavy (non-hydrogen) atoms. The summed E-state index contributed by atoms with van der Waals surface area (Å²) in [6, 6.07) is 5.14. The number of alkyl halides is 1. The monoisotopic (exact) mass is 200 g/mol. The van der Waals surface area contributed by atoms with Crippen LogP contribution >= 0.6 is 15.9 Å². The Labute approximate surface area is 66.6 Å². The number of halogens is 1. The molecule has 0 bridgehead atoms. The largest absolute Gasteiger partial charge is 0.230 e. The topological polar surface area (TPSA) is 42.3 Å². The van der Waals surface area contributed by atoms with Crippen molar-refractivity contribution in [1.82, 2.24) is 4.98 Å². The van der Waals surface area contributed by atoms with E-state index in [1.165, 1.54) is 0 Å². The molecule has 0 aromatic carbocycles. The summed E-state index contributed by atoms with van der Waals surface area (Å²) in [4.78, 5) is 13.8. The normalized spacial score (nSPS) is 9.30. The minimum atomic E-state index is 0.233. The molecule has 1 aromatic rings. The van der Waals surface area contributed by atoms with Crippen LogP contribution < -0.4 is 0 Å². The minimum absolute atomic E-state index is 0.233. The number of nitroso groups, excluding NO2 is 1. The van der Waals surface area contributed by atoms with Gasteiger partial charge in [-0.15, -0.1) is 4.91 Å². The first-order valence-electron chi connectivity index (χ1n) is 2.72. The van der Waals surface area contributed by atoms with Gasteiger partial charge in [0.15, 0.2) is 5.82 Å². The Morgan fingerprint density at radius 3 is 3.00 bits per heavy atom. The Balaban J connectivity index is 2.98. The van der Waals surface area contributed by atoms with Crippen LogP contribution in [0.25, 0.3) is 0 Å². The van der Waals surface area contributed by atoms with Crippen molar-refractivity contribution in [3.8, 4) is 0 Å².